The highest BCUT2D eigenvalue weighted by atomic mass is 35.5. The van der Waals surface area contributed by atoms with E-state index >= 15 is 0 Å². The summed E-state index contributed by atoms with van der Waals surface area (Å²) in [7, 11) is 3.13. The van der Waals surface area contributed by atoms with Crippen LogP contribution in [0.3, 0.4) is 0 Å². The van der Waals surface area contributed by atoms with Gasteiger partial charge in [-0.3, -0.25) is 4.79 Å². The lowest BCUT2D eigenvalue weighted by molar-refractivity contribution is 0.289. The van der Waals surface area contributed by atoms with Crippen molar-refractivity contribution >= 4 is 28.7 Å². The largest absolute Gasteiger partial charge is 0.493 e. The molecular formula is C24H20ClN3O4. The van der Waals surface area contributed by atoms with Crippen molar-refractivity contribution < 1.29 is 14.2 Å². The summed E-state index contributed by atoms with van der Waals surface area (Å²) >= 11 is 5.93. The first-order valence-electron chi connectivity index (χ1n) is 9.74. The van der Waals surface area contributed by atoms with E-state index in [0.717, 1.165) is 5.56 Å². The minimum atomic E-state index is -0.290. The van der Waals surface area contributed by atoms with Crippen molar-refractivity contribution in [1.29, 1.82) is 0 Å². The molecular weight excluding hydrogens is 430 g/mol. The number of rotatable bonds is 7. The molecule has 0 bridgehead atoms. The number of methoxy groups -OCH3 is 2. The van der Waals surface area contributed by atoms with Crippen LogP contribution < -0.4 is 19.8 Å². The van der Waals surface area contributed by atoms with E-state index in [-0.39, 0.29) is 12.2 Å². The third-order valence-electron chi connectivity index (χ3n) is 4.73. The molecule has 0 radical (unpaired) electrons. The predicted octanol–water partition coefficient (Wildman–Crippen LogP) is 4.53. The monoisotopic (exact) mass is 449 g/mol. The summed E-state index contributed by atoms with van der Waals surface area (Å²) in [5.41, 5.74) is 1.01. The molecule has 0 aliphatic rings. The first-order chi connectivity index (χ1) is 15.6. The van der Waals surface area contributed by atoms with Gasteiger partial charge in [-0.05, 0) is 60.2 Å². The number of fused-ring (bicyclic) bond motifs is 1. The van der Waals surface area contributed by atoms with E-state index in [0.29, 0.717) is 39.0 Å². The molecule has 0 N–H and O–H groups in total. The minimum Gasteiger partial charge on any atom is -0.493 e. The van der Waals surface area contributed by atoms with Crippen LogP contribution in [0.5, 0.6) is 17.2 Å². The Kier molecular flexibility index (Phi) is 6.37. The van der Waals surface area contributed by atoms with Crippen molar-refractivity contribution in [1.82, 2.24) is 9.66 Å². The van der Waals surface area contributed by atoms with Gasteiger partial charge in [0.2, 0.25) is 0 Å². The summed E-state index contributed by atoms with van der Waals surface area (Å²) in [5, 5.41) is 5.48. The highest BCUT2D eigenvalue weighted by molar-refractivity contribution is 6.30. The molecule has 7 nitrogen and oxygen atoms in total. The van der Waals surface area contributed by atoms with E-state index < -0.39 is 0 Å². The van der Waals surface area contributed by atoms with Crippen LogP contribution in [0.25, 0.3) is 10.9 Å². The number of ether oxygens (including phenoxy) is 3. The van der Waals surface area contributed by atoms with Gasteiger partial charge in [-0.25, -0.2) is 4.98 Å². The van der Waals surface area contributed by atoms with Crippen LogP contribution >= 0.6 is 11.6 Å². The molecule has 0 amide bonds. The molecule has 4 aromatic rings. The van der Waals surface area contributed by atoms with Gasteiger partial charge in [0.15, 0.2) is 17.3 Å². The highest BCUT2D eigenvalue weighted by Crippen LogP contribution is 2.27. The van der Waals surface area contributed by atoms with E-state index in [1.807, 2.05) is 12.1 Å². The Morgan fingerprint density at radius 3 is 2.50 bits per heavy atom. The summed E-state index contributed by atoms with van der Waals surface area (Å²) in [4.78, 5) is 17.7. The van der Waals surface area contributed by atoms with E-state index in [1.54, 1.807) is 75.0 Å². The predicted molar refractivity (Wildman–Crippen MR) is 124 cm³/mol. The van der Waals surface area contributed by atoms with Crippen molar-refractivity contribution in [2.75, 3.05) is 14.2 Å². The van der Waals surface area contributed by atoms with E-state index in [4.69, 9.17) is 25.8 Å². The fourth-order valence-electron chi connectivity index (χ4n) is 3.12. The fraction of sp³-hybridized carbons (Fsp3) is 0.125. The summed E-state index contributed by atoms with van der Waals surface area (Å²) in [6.07, 6.45) is 1.56. The molecule has 1 aromatic heterocycles. The Balaban J connectivity index is 1.72. The second kappa shape index (κ2) is 9.53. The highest BCUT2D eigenvalue weighted by Gasteiger charge is 2.11. The molecule has 0 aliphatic heterocycles. The van der Waals surface area contributed by atoms with Crippen LogP contribution in [0.15, 0.2) is 76.6 Å². The summed E-state index contributed by atoms with van der Waals surface area (Å²) in [6, 6.07) is 19.4. The molecule has 4 rings (SSSR count). The average Bonchev–Trinajstić information content (AvgIpc) is 2.83. The Bertz CT molecular complexity index is 1330. The molecule has 0 fully saturated rings. The number of para-hydroxylation sites is 1. The van der Waals surface area contributed by atoms with Gasteiger partial charge in [0, 0.05) is 5.02 Å². The van der Waals surface area contributed by atoms with Crippen LogP contribution in [0.1, 0.15) is 11.4 Å². The number of hydrogen-bond acceptors (Lipinski definition) is 6. The van der Waals surface area contributed by atoms with Gasteiger partial charge in [-0.1, -0.05) is 23.7 Å². The molecule has 32 heavy (non-hydrogen) atoms. The molecule has 0 saturated heterocycles. The second-order valence-electron chi connectivity index (χ2n) is 6.76. The van der Waals surface area contributed by atoms with Crippen LogP contribution in [-0.4, -0.2) is 30.1 Å². The zero-order valence-electron chi connectivity index (χ0n) is 17.5. The Hall–Kier alpha value is -3.84. The van der Waals surface area contributed by atoms with Gasteiger partial charge >= 0.3 is 0 Å². The zero-order valence-corrected chi connectivity index (χ0v) is 18.2. The van der Waals surface area contributed by atoms with Crippen LogP contribution in [0, 0.1) is 0 Å². The maximum absolute atomic E-state index is 13.1. The van der Waals surface area contributed by atoms with Crippen molar-refractivity contribution in [3.8, 4) is 17.2 Å². The van der Waals surface area contributed by atoms with Gasteiger partial charge in [0.25, 0.3) is 5.56 Å². The van der Waals surface area contributed by atoms with Crippen molar-refractivity contribution in [2.45, 2.75) is 6.61 Å². The number of aromatic nitrogens is 2. The second-order valence-corrected chi connectivity index (χ2v) is 7.20. The summed E-state index contributed by atoms with van der Waals surface area (Å²) in [5.74, 6) is 2.13. The van der Waals surface area contributed by atoms with Gasteiger partial charge < -0.3 is 14.2 Å². The zero-order chi connectivity index (χ0) is 22.5. The van der Waals surface area contributed by atoms with E-state index in [2.05, 4.69) is 10.1 Å². The van der Waals surface area contributed by atoms with Crippen LogP contribution in [-0.2, 0) is 6.61 Å². The normalized spacial score (nSPS) is 11.1. The first kappa shape index (κ1) is 21.4. The molecule has 0 spiro atoms. The van der Waals surface area contributed by atoms with Crippen molar-refractivity contribution in [3.63, 3.8) is 0 Å². The summed E-state index contributed by atoms with van der Waals surface area (Å²) < 4.78 is 17.7. The van der Waals surface area contributed by atoms with Gasteiger partial charge in [0.05, 0.1) is 31.3 Å². The van der Waals surface area contributed by atoms with E-state index in [1.165, 1.54) is 4.68 Å². The fourth-order valence-corrected chi connectivity index (χ4v) is 3.24. The third-order valence-corrected chi connectivity index (χ3v) is 4.98. The molecule has 8 heteroatoms. The molecule has 0 atom stereocenters. The minimum absolute atomic E-state index is 0.0466. The Morgan fingerprint density at radius 2 is 1.75 bits per heavy atom. The topological polar surface area (TPSA) is 74.9 Å². The smallest absolute Gasteiger partial charge is 0.282 e. The molecule has 1 heterocycles. The van der Waals surface area contributed by atoms with Gasteiger partial charge in [-0.15, -0.1) is 0 Å². The molecule has 3 aromatic carbocycles. The number of halogens is 1. The van der Waals surface area contributed by atoms with Gasteiger partial charge in [-0.2, -0.15) is 9.78 Å². The maximum atomic E-state index is 13.1. The van der Waals surface area contributed by atoms with Crippen molar-refractivity contribution in [2.24, 2.45) is 5.10 Å². The SMILES string of the molecule is COc1ccc(/C=N\n2c(COc3ccc(Cl)cc3)nc3ccccc3c2=O)cc1OC. The maximum Gasteiger partial charge on any atom is 0.282 e. The average molecular weight is 450 g/mol. The van der Waals surface area contributed by atoms with E-state index in [9.17, 15) is 4.79 Å². The number of hydrogen-bond donors (Lipinski definition) is 0. The Morgan fingerprint density at radius 1 is 1.00 bits per heavy atom. The van der Waals surface area contributed by atoms with Crippen molar-refractivity contribution in [3.05, 3.63) is 93.5 Å². The van der Waals surface area contributed by atoms with Crippen LogP contribution in [0.4, 0.5) is 0 Å². The van der Waals surface area contributed by atoms with Gasteiger partial charge in [0.1, 0.15) is 12.4 Å². The molecule has 0 saturated carbocycles. The first-order valence-corrected chi connectivity index (χ1v) is 10.1. The van der Waals surface area contributed by atoms with Crippen LogP contribution in [0.2, 0.25) is 5.02 Å². The lowest BCUT2D eigenvalue weighted by atomic mass is 10.2. The number of benzene rings is 3. The summed E-state index contributed by atoms with van der Waals surface area (Å²) in [6.45, 7) is 0.0466. The molecule has 0 unspecified atom stereocenters. The number of nitrogens with zero attached hydrogens (tertiary/aromatic N) is 3. The Labute approximate surface area is 189 Å². The lowest BCUT2D eigenvalue weighted by Crippen LogP contribution is -2.23. The molecule has 162 valence electrons. The third kappa shape index (κ3) is 4.58. The quantitative estimate of drug-likeness (QED) is 0.387. The standard InChI is InChI=1S/C24H20ClN3O4/c1-30-21-12-7-16(13-22(21)31-2)14-26-28-23(15-32-18-10-8-17(25)9-11-18)27-20-6-4-3-5-19(20)24(28)29/h3-14H,15H2,1-2H3/b26-14-. The lowest BCUT2D eigenvalue weighted by Gasteiger charge is -2.11. The molecule has 0 aliphatic carbocycles.